The van der Waals surface area contributed by atoms with Crippen LogP contribution < -0.4 is 0 Å². The molecule has 0 aromatic heterocycles. The van der Waals surface area contributed by atoms with Crippen LogP contribution in [0.5, 0.6) is 0 Å². The third-order valence-electron chi connectivity index (χ3n) is 3.35. The van der Waals surface area contributed by atoms with Crippen molar-refractivity contribution >= 4 is 15.8 Å². The van der Waals surface area contributed by atoms with Crippen molar-refractivity contribution < 1.29 is 22.7 Å². The molecular weight excluding hydrogens is 271 g/mol. The van der Waals surface area contributed by atoms with Gasteiger partial charge in [-0.05, 0) is 36.3 Å². The molecule has 1 atom stereocenters. The monoisotopic (exact) mass is 286 g/mol. The molecule has 1 aliphatic carbocycles. The van der Waals surface area contributed by atoms with Crippen LogP contribution in [0.3, 0.4) is 0 Å². The van der Waals surface area contributed by atoms with E-state index in [1.807, 2.05) is 0 Å². The van der Waals surface area contributed by atoms with E-state index >= 15 is 0 Å². The topological polar surface area (TPSA) is 71.4 Å². The lowest BCUT2D eigenvalue weighted by Crippen LogP contribution is -2.14. The number of hydrogen-bond acceptors (Lipinski definition) is 3. The number of benzene rings is 1. The zero-order valence-electron chi connectivity index (χ0n) is 10.5. The van der Waals surface area contributed by atoms with Crippen LogP contribution in [0.4, 0.5) is 4.39 Å². The van der Waals surface area contributed by atoms with E-state index in [9.17, 15) is 17.6 Å². The third kappa shape index (κ3) is 3.12. The smallest absolute Gasteiger partial charge is 0.303 e. The van der Waals surface area contributed by atoms with Gasteiger partial charge in [-0.25, -0.2) is 12.8 Å². The number of hydrogen-bond donors (Lipinski definition) is 1. The molecule has 1 N–H and O–H groups in total. The van der Waals surface area contributed by atoms with E-state index < -0.39 is 27.5 Å². The molecule has 0 aliphatic heterocycles. The molecule has 4 nitrogen and oxygen atoms in total. The highest BCUT2D eigenvalue weighted by Gasteiger charge is 2.37. The maximum absolute atomic E-state index is 13.8. The summed E-state index contributed by atoms with van der Waals surface area (Å²) in [4.78, 5) is 10.6. The summed E-state index contributed by atoms with van der Waals surface area (Å²) in [5.74, 6) is -2.10. The molecule has 0 bridgehead atoms. The van der Waals surface area contributed by atoms with E-state index in [-0.39, 0.29) is 17.2 Å². The molecule has 1 aromatic rings. The van der Waals surface area contributed by atoms with E-state index in [0.29, 0.717) is 5.56 Å². The standard InChI is InChI=1S/C13H15FO4S/c1-19(17,18)13-9(3-2-4-11(13)14)10(7-12(15)16)8-5-6-8/h2-4,8,10H,5-7H2,1H3,(H,15,16). The Morgan fingerprint density at radius 2 is 2.11 bits per heavy atom. The molecule has 6 heteroatoms. The first-order valence-electron chi connectivity index (χ1n) is 6.01. The predicted octanol–water partition coefficient (Wildman–Crippen LogP) is 2.20. The van der Waals surface area contributed by atoms with Crippen LogP contribution >= 0.6 is 0 Å². The van der Waals surface area contributed by atoms with Crippen LogP contribution in [0.25, 0.3) is 0 Å². The summed E-state index contributed by atoms with van der Waals surface area (Å²) in [5.41, 5.74) is 0.299. The third-order valence-corrected chi connectivity index (χ3v) is 4.53. The first-order valence-corrected chi connectivity index (χ1v) is 7.90. The second kappa shape index (κ2) is 4.92. The zero-order valence-corrected chi connectivity index (χ0v) is 11.3. The van der Waals surface area contributed by atoms with Crippen molar-refractivity contribution in [1.29, 1.82) is 0 Å². The molecular formula is C13H15FO4S. The maximum Gasteiger partial charge on any atom is 0.303 e. The predicted molar refractivity (Wildman–Crippen MR) is 67.2 cm³/mol. The van der Waals surface area contributed by atoms with Crippen molar-refractivity contribution in [2.75, 3.05) is 6.26 Å². The summed E-state index contributed by atoms with van der Waals surface area (Å²) in [6.45, 7) is 0. The van der Waals surface area contributed by atoms with Gasteiger partial charge in [0.2, 0.25) is 0 Å². The van der Waals surface area contributed by atoms with Gasteiger partial charge in [0.15, 0.2) is 9.84 Å². The molecule has 1 saturated carbocycles. The van der Waals surface area contributed by atoms with E-state index in [4.69, 9.17) is 5.11 Å². The first kappa shape index (κ1) is 14.0. The molecule has 1 aromatic carbocycles. The molecule has 0 spiro atoms. The van der Waals surface area contributed by atoms with Crippen LogP contribution in [0.2, 0.25) is 0 Å². The minimum Gasteiger partial charge on any atom is -0.481 e. The van der Waals surface area contributed by atoms with E-state index in [1.54, 1.807) is 0 Å². The zero-order chi connectivity index (χ0) is 14.2. The highest BCUT2D eigenvalue weighted by Crippen LogP contribution is 2.46. The minimum atomic E-state index is -3.72. The maximum atomic E-state index is 13.8. The molecule has 1 unspecified atom stereocenters. The van der Waals surface area contributed by atoms with Crippen molar-refractivity contribution in [2.24, 2.45) is 5.92 Å². The second-order valence-electron chi connectivity index (χ2n) is 4.97. The van der Waals surface area contributed by atoms with Crippen LogP contribution in [0, 0.1) is 11.7 Å². The van der Waals surface area contributed by atoms with Gasteiger partial charge in [0.1, 0.15) is 10.7 Å². The van der Waals surface area contributed by atoms with Crippen molar-refractivity contribution in [2.45, 2.75) is 30.1 Å². The van der Waals surface area contributed by atoms with Crippen molar-refractivity contribution in [3.8, 4) is 0 Å². The Morgan fingerprint density at radius 1 is 1.47 bits per heavy atom. The van der Waals surface area contributed by atoms with Crippen LogP contribution in [-0.2, 0) is 14.6 Å². The first-order chi connectivity index (χ1) is 8.80. The number of sulfone groups is 1. The van der Waals surface area contributed by atoms with Gasteiger partial charge in [-0.2, -0.15) is 0 Å². The van der Waals surface area contributed by atoms with Gasteiger partial charge >= 0.3 is 5.97 Å². The lowest BCUT2D eigenvalue weighted by atomic mass is 9.91. The fourth-order valence-corrected chi connectivity index (χ4v) is 3.50. The second-order valence-corrected chi connectivity index (χ2v) is 6.92. The summed E-state index contributed by atoms with van der Waals surface area (Å²) >= 11 is 0. The number of halogens is 1. The number of carboxylic acid groups (broad SMARTS) is 1. The normalized spacial score (nSPS) is 17.2. The average Bonchev–Trinajstić information content (AvgIpc) is 3.07. The van der Waals surface area contributed by atoms with Crippen molar-refractivity contribution in [3.63, 3.8) is 0 Å². The molecule has 0 radical (unpaired) electrons. The number of rotatable bonds is 5. The van der Waals surface area contributed by atoms with Crippen molar-refractivity contribution in [3.05, 3.63) is 29.6 Å². The molecule has 0 amide bonds. The highest BCUT2D eigenvalue weighted by molar-refractivity contribution is 7.90. The number of carbonyl (C=O) groups is 1. The Balaban J connectivity index is 2.53. The SMILES string of the molecule is CS(=O)(=O)c1c(F)cccc1C(CC(=O)O)C1CC1. The molecule has 19 heavy (non-hydrogen) atoms. The number of carboxylic acids is 1. The Hall–Kier alpha value is -1.43. The number of aliphatic carboxylic acids is 1. The van der Waals surface area contributed by atoms with E-state index in [2.05, 4.69) is 0 Å². The summed E-state index contributed by atoms with van der Waals surface area (Å²) < 4.78 is 37.2. The average molecular weight is 286 g/mol. The molecule has 2 rings (SSSR count). The highest BCUT2D eigenvalue weighted by atomic mass is 32.2. The molecule has 1 fully saturated rings. The summed E-state index contributed by atoms with van der Waals surface area (Å²) in [5, 5.41) is 8.94. The fourth-order valence-electron chi connectivity index (χ4n) is 2.43. The van der Waals surface area contributed by atoms with Gasteiger partial charge in [-0.1, -0.05) is 12.1 Å². The Kier molecular flexibility index (Phi) is 3.62. The molecule has 0 heterocycles. The van der Waals surface area contributed by atoms with Gasteiger partial charge in [0.25, 0.3) is 0 Å². The lowest BCUT2D eigenvalue weighted by Gasteiger charge is -2.18. The minimum absolute atomic E-state index is 0.137. The summed E-state index contributed by atoms with van der Waals surface area (Å²) in [6.07, 6.45) is 2.49. The Bertz CT molecular complexity index is 605. The van der Waals surface area contributed by atoms with Gasteiger partial charge in [0, 0.05) is 6.26 Å². The van der Waals surface area contributed by atoms with Gasteiger partial charge in [-0.15, -0.1) is 0 Å². The van der Waals surface area contributed by atoms with Crippen molar-refractivity contribution in [1.82, 2.24) is 0 Å². The summed E-state index contributed by atoms with van der Waals surface area (Å²) in [7, 11) is -3.72. The molecule has 1 aliphatic rings. The lowest BCUT2D eigenvalue weighted by molar-refractivity contribution is -0.137. The Labute approximate surface area is 111 Å². The fraction of sp³-hybridized carbons (Fsp3) is 0.462. The van der Waals surface area contributed by atoms with Crippen LogP contribution in [0.15, 0.2) is 23.1 Å². The molecule has 0 saturated heterocycles. The van der Waals surface area contributed by atoms with Gasteiger partial charge in [0.05, 0.1) is 6.42 Å². The van der Waals surface area contributed by atoms with E-state index in [1.165, 1.54) is 12.1 Å². The quantitative estimate of drug-likeness (QED) is 0.900. The largest absolute Gasteiger partial charge is 0.481 e. The van der Waals surface area contributed by atoms with E-state index in [0.717, 1.165) is 25.2 Å². The van der Waals surface area contributed by atoms with Gasteiger partial charge < -0.3 is 5.11 Å². The Morgan fingerprint density at radius 3 is 2.58 bits per heavy atom. The van der Waals surface area contributed by atoms with Crippen LogP contribution in [-0.4, -0.2) is 25.7 Å². The van der Waals surface area contributed by atoms with Crippen LogP contribution in [0.1, 0.15) is 30.7 Å². The van der Waals surface area contributed by atoms with Gasteiger partial charge in [-0.3, -0.25) is 4.79 Å². The summed E-state index contributed by atoms with van der Waals surface area (Å²) in [6, 6.07) is 4.03. The molecule has 104 valence electrons.